The molecule has 0 fully saturated rings. The van der Waals surface area contributed by atoms with Gasteiger partial charge in [-0.15, -0.1) is 0 Å². The van der Waals surface area contributed by atoms with E-state index in [0.717, 1.165) is 12.1 Å². The first-order valence-electron chi connectivity index (χ1n) is 5.26. The molecular weight excluding hydrogens is 349 g/mol. The fourth-order valence-corrected chi connectivity index (χ4v) is 1.10. The van der Waals surface area contributed by atoms with Crippen LogP contribution in [0.25, 0.3) is 0 Å². The number of aromatic hydroxyl groups is 1. The Balaban J connectivity index is -0.000000325. The normalized spacial score (nSPS) is 8.00. The molecular formula is C12H10N3O7V-5. The smallest absolute Gasteiger partial charge is 0.312 e. The predicted molar refractivity (Wildman–Crippen MR) is 63.3 cm³/mol. The van der Waals surface area contributed by atoms with Gasteiger partial charge in [0.25, 0.3) is 0 Å². The van der Waals surface area contributed by atoms with E-state index >= 15 is 0 Å². The molecule has 125 valence electrons. The van der Waals surface area contributed by atoms with Gasteiger partial charge in [-0.1, -0.05) is 6.07 Å². The average Bonchev–Trinajstić information content (AvgIpc) is 2.43. The molecule has 0 aromatic carbocycles. The quantitative estimate of drug-likeness (QED) is 0.581. The molecule has 23 heavy (non-hydrogen) atoms. The minimum atomic E-state index is -1.52. The van der Waals surface area contributed by atoms with Crippen LogP contribution in [0.2, 0.25) is 0 Å². The number of pyridine rings is 2. The van der Waals surface area contributed by atoms with Crippen LogP contribution >= 0.6 is 0 Å². The fourth-order valence-electron chi connectivity index (χ4n) is 1.10. The molecule has 2 aromatic heterocycles. The van der Waals surface area contributed by atoms with Crippen LogP contribution in [0.4, 0.5) is 5.82 Å². The number of aromatic nitrogens is 2. The summed E-state index contributed by atoms with van der Waals surface area (Å²) in [4.78, 5) is 26.3. The molecule has 2 rings (SSSR count). The monoisotopic (exact) mass is 359 g/mol. The molecule has 1 radical (unpaired) electrons. The molecule has 0 bridgehead atoms. The standard InChI is InChI=1S/C7H5NO4.C5H6N2O.2O.V/c9-6(10)4-2-1-3-5(8-4)7(11)12;6-5-4(8)2-1-3-7-5;;;/h1-3H,(H,9,10)(H,11,12);1-3,8H,(H2,6,7);;;/q;;2*-2;/p-1. The van der Waals surface area contributed by atoms with Gasteiger partial charge in [0.15, 0.2) is 0 Å². The van der Waals surface area contributed by atoms with E-state index in [1.165, 1.54) is 12.1 Å². The van der Waals surface area contributed by atoms with E-state index in [1.807, 2.05) is 0 Å². The molecule has 0 atom stereocenters. The first-order chi connectivity index (χ1) is 9.41. The van der Waals surface area contributed by atoms with Crippen LogP contribution in [-0.4, -0.2) is 22.0 Å². The molecule has 4 N–H and O–H groups in total. The molecule has 2 heterocycles. The number of carbonyl (C=O) groups excluding carboxylic acids is 2. The van der Waals surface area contributed by atoms with Crippen molar-refractivity contribution in [3.63, 3.8) is 0 Å². The maximum absolute atomic E-state index is 10.2. The number of carboxylic acid groups (broad SMARTS) is 2. The SMILES string of the molecule is Nc1[nH+]cccc1O.O=C([O-])c1cccc(C(=O)[O-])n1.[O-2].[O-2].[V]. The zero-order valence-electron chi connectivity index (χ0n) is 11.3. The third-order valence-electron chi connectivity index (χ3n) is 2.03. The summed E-state index contributed by atoms with van der Waals surface area (Å²) >= 11 is 0. The molecule has 11 heteroatoms. The maximum atomic E-state index is 10.2. The molecule has 0 aliphatic carbocycles. The van der Waals surface area contributed by atoms with Crippen LogP contribution in [0.3, 0.4) is 0 Å². The number of carbonyl (C=O) groups is 2. The summed E-state index contributed by atoms with van der Waals surface area (Å²) in [7, 11) is 0. The Morgan fingerprint density at radius 3 is 1.83 bits per heavy atom. The molecule has 2 aromatic rings. The van der Waals surface area contributed by atoms with Gasteiger partial charge in [0.2, 0.25) is 5.75 Å². The van der Waals surface area contributed by atoms with E-state index < -0.39 is 23.3 Å². The van der Waals surface area contributed by atoms with Crippen LogP contribution in [0.5, 0.6) is 5.75 Å². The van der Waals surface area contributed by atoms with Crippen molar-refractivity contribution in [1.82, 2.24) is 4.98 Å². The van der Waals surface area contributed by atoms with Crippen LogP contribution < -0.4 is 20.9 Å². The minimum Gasteiger partial charge on any atom is -2.00 e. The number of aromatic amines is 1. The first kappa shape index (κ1) is 25.3. The van der Waals surface area contributed by atoms with Gasteiger partial charge in [0.05, 0.1) is 29.5 Å². The summed E-state index contributed by atoms with van der Waals surface area (Å²) in [5, 5.41) is 29.1. The molecule has 0 saturated heterocycles. The van der Waals surface area contributed by atoms with Crippen molar-refractivity contribution in [3.05, 3.63) is 47.9 Å². The second-order valence-corrected chi connectivity index (χ2v) is 3.45. The van der Waals surface area contributed by atoms with Crippen LogP contribution in [-0.2, 0) is 29.5 Å². The van der Waals surface area contributed by atoms with Gasteiger partial charge >= 0.3 is 5.82 Å². The summed E-state index contributed by atoms with van der Waals surface area (Å²) in [6.45, 7) is 0. The summed E-state index contributed by atoms with van der Waals surface area (Å²) < 4.78 is 0. The maximum Gasteiger partial charge on any atom is 0.312 e. The summed E-state index contributed by atoms with van der Waals surface area (Å²) in [6.07, 6.45) is 1.65. The van der Waals surface area contributed by atoms with Crippen molar-refractivity contribution in [3.8, 4) is 5.75 Å². The number of H-pyrrole nitrogens is 1. The van der Waals surface area contributed by atoms with E-state index in [9.17, 15) is 19.8 Å². The molecule has 0 unspecified atom stereocenters. The van der Waals surface area contributed by atoms with Crippen molar-refractivity contribution in [2.24, 2.45) is 0 Å². The summed E-state index contributed by atoms with van der Waals surface area (Å²) in [6, 6.07) is 6.73. The van der Waals surface area contributed by atoms with Gasteiger partial charge < -0.3 is 35.9 Å². The molecule has 10 nitrogen and oxygen atoms in total. The molecule has 0 spiro atoms. The number of anilines is 1. The largest absolute Gasteiger partial charge is 2.00 e. The van der Waals surface area contributed by atoms with E-state index in [2.05, 4.69) is 9.97 Å². The predicted octanol–water partition coefficient (Wildman–Crippen LogP) is -2.64. The number of aromatic carboxylic acids is 2. The number of rotatable bonds is 2. The number of nitrogens with two attached hydrogens (primary N) is 1. The Hall–Kier alpha value is -2.66. The number of carboxylic acids is 2. The van der Waals surface area contributed by atoms with Gasteiger partial charge in [0, 0.05) is 18.6 Å². The number of hydrogen-bond donors (Lipinski definition) is 2. The number of hydrogen-bond acceptors (Lipinski definition) is 7. The van der Waals surface area contributed by atoms with Crippen molar-refractivity contribution in [2.75, 3.05) is 5.73 Å². The van der Waals surface area contributed by atoms with E-state index in [-0.39, 0.29) is 35.3 Å². The van der Waals surface area contributed by atoms with E-state index in [0.29, 0.717) is 5.82 Å². The van der Waals surface area contributed by atoms with Crippen molar-refractivity contribution < 1.29 is 59.4 Å². The molecule has 0 aliphatic rings. The van der Waals surface area contributed by atoms with Crippen LogP contribution in [0, 0.1) is 0 Å². The Morgan fingerprint density at radius 2 is 1.52 bits per heavy atom. The Morgan fingerprint density at radius 1 is 1.04 bits per heavy atom. The zero-order valence-corrected chi connectivity index (χ0v) is 12.7. The van der Waals surface area contributed by atoms with Gasteiger partial charge in [-0.2, -0.15) is 0 Å². The Bertz CT molecular complexity index is 589. The van der Waals surface area contributed by atoms with Gasteiger partial charge in [-0.25, -0.2) is 9.97 Å². The first-order valence-corrected chi connectivity index (χ1v) is 5.26. The van der Waals surface area contributed by atoms with Gasteiger partial charge in [0.1, 0.15) is 0 Å². The van der Waals surface area contributed by atoms with Crippen LogP contribution in [0.1, 0.15) is 21.0 Å². The number of nitrogens with zero attached hydrogens (tertiary/aromatic N) is 1. The van der Waals surface area contributed by atoms with Crippen molar-refractivity contribution in [1.29, 1.82) is 0 Å². The van der Waals surface area contributed by atoms with Crippen LogP contribution in [0.15, 0.2) is 36.5 Å². The van der Waals surface area contributed by atoms with Crippen molar-refractivity contribution in [2.45, 2.75) is 0 Å². The fraction of sp³-hybridized carbons (Fsp3) is 0. The second-order valence-electron chi connectivity index (χ2n) is 3.45. The van der Waals surface area contributed by atoms with Crippen molar-refractivity contribution >= 4 is 17.8 Å². The third-order valence-corrected chi connectivity index (χ3v) is 2.03. The molecule has 0 amide bonds. The third kappa shape index (κ3) is 8.38. The number of nitrogens with one attached hydrogen (secondary N) is 1. The average molecular weight is 359 g/mol. The Kier molecular flexibility index (Phi) is 13.1. The van der Waals surface area contributed by atoms with E-state index in [4.69, 9.17) is 10.8 Å². The zero-order chi connectivity index (χ0) is 15.1. The topological polar surface area (TPSA) is 211 Å². The van der Waals surface area contributed by atoms with E-state index in [1.54, 1.807) is 12.3 Å². The minimum absolute atomic E-state index is 0. The van der Waals surface area contributed by atoms with Gasteiger partial charge in [-0.3, -0.25) is 5.73 Å². The molecule has 0 aliphatic heterocycles. The number of nitrogen functional groups attached to an aromatic ring is 1. The summed E-state index contributed by atoms with van der Waals surface area (Å²) in [5.41, 5.74) is 4.37. The summed E-state index contributed by atoms with van der Waals surface area (Å²) in [5.74, 6) is -2.64. The molecule has 0 saturated carbocycles. The Labute approximate surface area is 142 Å². The van der Waals surface area contributed by atoms with Gasteiger partial charge in [-0.05, 0) is 24.3 Å². The second kappa shape index (κ2) is 11.9.